The van der Waals surface area contributed by atoms with Crippen LogP contribution in [-0.4, -0.2) is 33.2 Å². The lowest BCUT2D eigenvalue weighted by molar-refractivity contribution is -0.384. The second kappa shape index (κ2) is 8.72. The van der Waals surface area contributed by atoms with Gasteiger partial charge in [0.05, 0.1) is 16.5 Å². The Bertz CT molecular complexity index is 1200. The van der Waals surface area contributed by atoms with E-state index in [0.717, 1.165) is 5.56 Å². The normalized spacial score (nSPS) is 17.7. The van der Waals surface area contributed by atoms with Crippen molar-refractivity contribution in [2.24, 2.45) is 0 Å². The smallest absolute Gasteiger partial charge is 0.295 e. The first kappa shape index (κ1) is 21.4. The van der Waals surface area contributed by atoms with E-state index in [0.29, 0.717) is 11.3 Å². The maximum atomic E-state index is 13.2. The monoisotopic (exact) mass is 452 g/mol. The van der Waals surface area contributed by atoms with E-state index >= 15 is 0 Å². The number of hydrogen-bond donors (Lipinski definition) is 1. The van der Waals surface area contributed by atoms with E-state index in [9.17, 15) is 29.2 Å². The number of ketones is 1. The lowest BCUT2D eigenvalue weighted by Gasteiger charge is -2.24. The van der Waals surface area contributed by atoms with Crippen LogP contribution in [0.15, 0.2) is 71.6 Å². The van der Waals surface area contributed by atoms with Crippen LogP contribution in [0.25, 0.3) is 5.76 Å². The fraction of sp³-hybridized carbons (Fsp3) is 0.130. The topological polar surface area (TPSA) is 101 Å². The van der Waals surface area contributed by atoms with Gasteiger partial charge in [-0.2, -0.15) is 0 Å². The molecule has 4 rings (SSSR count). The number of Topliss-reactive ketones (excluding diaryl/α,β-unsaturated/α-hetero) is 1. The summed E-state index contributed by atoms with van der Waals surface area (Å²) >= 11 is 1.34. The van der Waals surface area contributed by atoms with Gasteiger partial charge in [0.15, 0.2) is 0 Å². The van der Waals surface area contributed by atoms with Crippen LogP contribution in [0.2, 0.25) is 0 Å². The van der Waals surface area contributed by atoms with Gasteiger partial charge in [-0.05, 0) is 47.7 Å². The SMILES string of the molecule is O=C1C(=O)N(CCc2ccc(F)cc2)C(c2cccs2)/C1=C(/O)c1ccc([N+](=O)[O-])cc1. The number of carbonyl (C=O) groups excluding carboxylic acids is 2. The van der Waals surface area contributed by atoms with E-state index in [1.165, 1.54) is 52.6 Å². The molecule has 1 aliphatic heterocycles. The summed E-state index contributed by atoms with van der Waals surface area (Å²) in [5, 5.41) is 23.6. The number of halogens is 1. The summed E-state index contributed by atoms with van der Waals surface area (Å²) in [6.07, 6.45) is 0.396. The highest BCUT2D eigenvalue weighted by molar-refractivity contribution is 7.10. The Balaban J connectivity index is 1.71. The summed E-state index contributed by atoms with van der Waals surface area (Å²) in [5.41, 5.74) is 0.781. The van der Waals surface area contributed by atoms with Crippen molar-refractivity contribution < 1.29 is 24.0 Å². The molecule has 0 spiro atoms. The summed E-state index contributed by atoms with van der Waals surface area (Å²) in [6, 6.07) is 13.8. The summed E-state index contributed by atoms with van der Waals surface area (Å²) < 4.78 is 13.2. The summed E-state index contributed by atoms with van der Waals surface area (Å²) in [5.74, 6) is -2.32. The van der Waals surface area contributed by atoms with E-state index in [2.05, 4.69) is 0 Å². The second-order valence-corrected chi connectivity index (χ2v) is 8.17. The minimum absolute atomic E-state index is 0.0644. The number of carbonyl (C=O) groups is 2. The first-order chi connectivity index (χ1) is 15.4. The van der Waals surface area contributed by atoms with Crippen molar-refractivity contribution in [1.82, 2.24) is 4.90 Å². The summed E-state index contributed by atoms with van der Waals surface area (Å²) in [7, 11) is 0. The number of hydrogen-bond acceptors (Lipinski definition) is 6. The predicted molar refractivity (Wildman–Crippen MR) is 117 cm³/mol. The fourth-order valence-corrected chi connectivity index (χ4v) is 4.50. The Kier molecular flexibility index (Phi) is 5.83. The van der Waals surface area contributed by atoms with Gasteiger partial charge in [-0.3, -0.25) is 19.7 Å². The number of amides is 1. The highest BCUT2D eigenvalue weighted by Crippen LogP contribution is 2.41. The van der Waals surface area contributed by atoms with E-state index in [1.54, 1.807) is 29.6 Å². The third kappa shape index (κ3) is 4.02. The van der Waals surface area contributed by atoms with Gasteiger partial charge >= 0.3 is 0 Å². The molecule has 1 amide bonds. The van der Waals surface area contributed by atoms with Gasteiger partial charge in [0, 0.05) is 29.1 Å². The Labute approximate surface area is 186 Å². The number of aliphatic hydroxyl groups is 1. The molecule has 0 radical (unpaired) electrons. The van der Waals surface area contributed by atoms with Crippen molar-refractivity contribution >= 4 is 34.5 Å². The highest BCUT2D eigenvalue weighted by atomic mass is 32.1. The molecular formula is C23H17FN2O5S. The van der Waals surface area contributed by atoms with Crippen LogP contribution in [0.5, 0.6) is 0 Å². The first-order valence-corrected chi connectivity index (χ1v) is 10.6. The van der Waals surface area contributed by atoms with Crippen LogP contribution < -0.4 is 0 Å². The minimum atomic E-state index is -0.821. The van der Waals surface area contributed by atoms with Crippen LogP contribution in [0.3, 0.4) is 0 Å². The Morgan fingerprint density at radius 1 is 1.09 bits per heavy atom. The number of likely N-dealkylation sites (tertiary alicyclic amines) is 1. The summed E-state index contributed by atoms with van der Waals surface area (Å²) in [6.45, 7) is 0.190. The molecule has 1 atom stereocenters. The van der Waals surface area contributed by atoms with E-state index in [-0.39, 0.29) is 34.9 Å². The van der Waals surface area contributed by atoms with E-state index in [4.69, 9.17) is 0 Å². The van der Waals surface area contributed by atoms with Crippen LogP contribution in [0.1, 0.15) is 22.0 Å². The van der Waals surface area contributed by atoms with Crippen molar-refractivity contribution in [3.05, 3.63) is 104 Å². The molecule has 0 aliphatic carbocycles. The van der Waals surface area contributed by atoms with E-state index in [1.807, 2.05) is 0 Å². The van der Waals surface area contributed by atoms with Crippen LogP contribution in [0, 0.1) is 15.9 Å². The number of thiophene rings is 1. The van der Waals surface area contributed by atoms with Gasteiger partial charge in [-0.1, -0.05) is 18.2 Å². The largest absolute Gasteiger partial charge is 0.507 e. The van der Waals surface area contributed by atoms with Gasteiger partial charge in [-0.25, -0.2) is 4.39 Å². The lowest BCUT2D eigenvalue weighted by Crippen LogP contribution is -2.31. The molecule has 2 aromatic carbocycles. The molecule has 1 saturated heterocycles. The molecule has 1 N–H and O–H groups in total. The van der Waals surface area contributed by atoms with Crippen LogP contribution >= 0.6 is 11.3 Å². The molecule has 1 aliphatic rings. The number of benzene rings is 2. The van der Waals surface area contributed by atoms with Gasteiger partial charge in [0.2, 0.25) is 0 Å². The van der Waals surface area contributed by atoms with Crippen molar-refractivity contribution in [2.75, 3.05) is 6.54 Å². The number of non-ortho nitro benzene ring substituents is 1. The quantitative estimate of drug-likeness (QED) is 0.196. The fourth-order valence-electron chi connectivity index (χ4n) is 3.65. The number of rotatable bonds is 6. The molecule has 1 aromatic heterocycles. The molecular weight excluding hydrogens is 435 g/mol. The molecule has 162 valence electrons. The lowest BCUT2D eigenvalue weighted by atomic mass is 9.99. The maximum absolute atomic E-state index is 13.2. The third-order valence-electron chi connectivity index (χ3n) is 5.26. The summed E-state index contributed by atoms with van der Waals surface area (Å²) in [4.78, 5) is 38.2. The van der Waals surface area contributed by atoms with Crippen molar-refractivity contribution in [2.45, 2.75) is 12.5 Å². The van der Waals surface area contributed by atoms with Gasteiger partial charge in [0.1, 0.15) is 11.6 Å². The molecule has 32 heavy (non-hydrogen) atoms. The zero-order valence-corrected chi connectivity index (χ0v) is 17.4. The molecule has 9 heteroatoms. The van der Waals surface area contributed by atoms with Gasteiger partial charge < -0.3 is 10.0 Å². The highest BCUT2D eigenvalue weighted by Gasteiger charge is 2.46. The number of nitrogens with zero attached hydrogens (tertiary/aromatic N) is 2. The average Bonchev–Trinajstić information content (AvgIpc) is 3.40. The predicted octanol–water partition coefficient (Wildman–Crippen LogP) is 4.46. The van der Waals surface area contributed by atoms with Crippen LogP contribution in [-0.2, 0) is 16.0 Å². The molecule has 2 heterocycles. The first-order valence-electron chi connectivity index (χ1n) is 9.68. The molecule has 7 nitrogen and oxygen atoms in total. The van der Waals surface area contributed by atoms with Crippen molar-refractivity contribution in [3.8, 4) is 0 Å². The Morgan fingerprint density at radius 2 is 1.78 bits per heavy atom. The zero-order chi connectivity index (χ0) is 22.8. The van der Waals surface area contributed by atoms with Crippen molar-refractivity contribution in [3.63, 3.8) is 0 Å². The maximum Gasteiger partial charge on any atom is 0.295 e. The number of nitro benzene ring substituents is 1. The molecule has 0 bridgehead atoms. The Morgan fingerprint density at radius 3 is 2.38 bits per heavy atom. The Hall–Kier alpha value is -3.85. The number of aliphatic hydroxyl groups excluding tert-OH is 1. The van der Waals surface area contributed by atoms with Gasteiger partial charge in [-0.15, -0.1) is 11.3 Å². The van der Waals surface area contributed by atoms with E-state index < -0.39 is 22.7 Å². The van der Waals surface area contributed by atoms with Crippen LogP contribution in [0.4, 0.5) is 10.1 Å². The second-order valence-electron chi connectivity index (χ2n) is 7.19. The van der Waals surface area contributed by atoms with Crippen molar-refractivity contribution in [1.29, 1.82) is 0 Å². The third-order valence-corrected chi connectivity index (χ3v) is 6.18. The molecule has 3 aromatic rings. The molecule has 1 fully saturated rings. The molecule has 0 saturated carbocycles. The molecule has 1 unspecified atom stereocenters. The zero-order valence-electron chi connectivity index (χ0n) is 16.6. The average molecular weight is 452 g/mol. The standard InChI is InChI=1S/C23H17FN2O5S/c24-16-7-3-14(4-8-16)11-12-25-20(18-2-1-13-32-18)19(22(28)23(25)29)21(27)15-5-9-17(10-6-15)26(30)31/h1-10,13,20,27H,11-12H2/b21-19-. The van der Waals surface area contributed by atoms with Gasteiger partial charge in [0.25, 0.3) is 17.4 Å². The minimum Gasteiger partial charge on any atom is -0.507 e. The number of nitro groups is 1.